The zero-order valence-electron chi connectivity index (χ0n) is 10.8. The van der Waals surface area contributed by atoms with Crippen molar-refractivity contribution >= 4 is 5.69 Å². The average Bonchev–Trinajstić information content (AvgIpc) is 2.76. The monoisotopic (exact) mass is 234 g/mol. The van der Waals surface area contributed by atoms with Crippen LogP contribution in [0.3, 0.4) is 0 Å². The Kier molecular flexibility index (Phi) is 3.57. The summed E-state index contributed by atoms with van der Waals surface area (Å²) in [4.78, 5) is 2.24. The zero-order chi connectivity index (χ0) is 12.3. The molecule has 0 heterocycles. The van der Waals surface area contributed by atoms with Gasteiger partial charge >= 0.3 is 0 Å². The molecule has 1 aromatic rings. The Morgan fingerprint density at radius 1 is 1.24 bits per heavy atom. The van der Waals surface area contributed by atoms with Crippen LogP contribution in [0.15, 0.2) is 24.3 Å². The van der Waals surface area contributed by atoms with E-state index in [0.29, 0.717) is 0 Å². The molecule has 0 saturated heterocycles. The average molecular weight is 234 g/mol. The molecule has 0 aliphatic heterocycles. The Labute approximate surface area is 104 Å². The van der Waals surface area contributed by atoms with Crippen LogP contribution in [0.25, 0.3) is 0 Å². The van der Waals surface area contributed by atoms with Gasteiger partial charge < -0.3 is 15.4 Å². The molecule has 1 aliphatic carbocycles. The second-order valence-electron chi connectivity index (χ2n) is 5.12. The van der Waals surface area contributed by atoms with E-state index in [1.807, 2.05) is 12.1 Å². The van der Waals surface area contributed by atoms with Crippen molar-refractivity contribution in [3.8, 4) is 5.75 Å². The summed E-state index contributed by atoms with van der Waals surface area (Å²) in [6, 6.07) is 8.14. The van der Waals surface area contributed by atoms with Gasteiger partial charge in [-0.25, -0.2) is 0 Å². The fourth-order valence-corrected chi connectivity index (χ4v) is 2.64. The first-order valence-corrected chi connectivity index (χ1v) is 6.27. The van der Waals surface area contributed by atoms with Crippen LogP contribution in [0.4, 0.5) is 5.69 Å². The number of hydrogen-bond acceptors (Lipinski definition) is 3. The van der Waals surface area contributed by atoms with E-state index >= 15 is 0 Å². The number of nitrogens with zero attached hydrogens (tertiary/aromatic N) is 1. The van der Waals surface area contributed by atoms with Crippen LogP contribution in [0.2, 0.25) is 0 Å². The number of methoxy groups -OCH3 is 1. The third kappa shape index (κ3) is 2.91. The normalized spacial score (nSPS) is 18.1. The predicted octanol–water partition coefficient (Wildman–Crippen LogP) is 2.40. The Bertz CT molecular complexity index is 355. The van der Waals surface area contributed by atoms with E-state index in [1.54, 1.807) is 7.11 Å². The van der Waals surface area contributed by atoms with Gasteiger partial charge in [-0.3, -0.25) is 0 Å². The Hall–Kier alpha value is -1.22. The Balaban J connectivity index is 2.01. The molecule has 94 valence electrons. The fraction of sp³-hybridized carbons (Fsp3) is 0.571. The molecular weight excluding hydrogens is 212 g/mol. The van der Waals surface area contributed by atoms with Gasteiger partial charge in [-0.05, 0) is 37.1 Å². The maximum Gasteiger partial charge on any atom is 0.119 e. The summed E-state index contributed by atoms with van der Waals surface area (Å²) < 4.78 is 5.16. The lowest BCUT2D eigenvalue weighted by atomic mass is 9.98. The molecule has 0 atom stereocenters. The van der Waals surface area contributed by atoms with Crippen molar-refractivity contribution in [2.24, 2.45) is 5.73 Å². The van der Waals surface area contributed by atoms with E-state index in [1.165, 1.54) is 18.5 Å². The molecule has 17 heavy (non-hydrogen) atoms. The van der Waals surface area contributed by atoms with Gasteiger partial charge in [0.1, 0.15) is 5.75 Å². The smallest absolute Gasteiger partial charge is 0.119 e. The summed E-state index contributed by atoms with van der Waals surface area (Å²) in [5.41, 5.74) is 7.59. The van der Waals surface area contributed by atoms with E-state index in [9.17, 15) is 0 Å². The number of benzene rings is 1. The van der Waals surface area contributed by atoms with Gasteiger partial charge in [-0.2, -0.15) is 0 Å². The van der Waals surface area contributed by atoms with Crippen LogP contribution in [0.5, 0.6) is 5.75 Å². The highest BCUT2D eigenvalue weighted by molar-refractivity contribution is 5.48. The first-order valence-electron chi connectivity index (χ1n) is 6.27. The predicted molar refractivity (Wildman–Crippen MR) is 71.7 cm³/mol. The summed E-state index contributed by atoms with van der Waals surface area (Å²) in [5.74, 6) is 0.894. The minimum atomic E-state index is 0.00861. The minimum Gasteiger partial charge on any atom is -0.497 e. The molecule has 0 aromatic heterocycles. The van der Waals surface area contributed by atoms with Crippen molar-refractivity contribution in [1.29, 1.82) is 0 Å². The van der Waals surface area contributed by atoms with Crippen molar-refractivity contribution < 1.29 is 4.74 Å². The molecule has 0 spiro atoms. The van der Waals surface area contributed by atoms with Gasteiger partial charge in [-0.15, -0.1) is 0 Å². The molecule has 1 aromatic carbocycles. The van der Waals surface area contributed by atoms with Crippen molar-refractivity contribution in [2.45, 2.75) is 31.2 Å². The third-order valence-corrected chi connectivity index (χ3v) is 3.66. The van der Waals surface area contributed by atoms with Crippen LogP contribution in [-0.4, -0.2) is 26.2 Å². The number of ether oxygens (including phenoxy) is 1. The van der Waals surface area contributed by atoms with Crippen molar-refractivity contribution in [3.63, 3.8) is 0 Å². The summed E-state index contributed by atoms with van der Waals surface area (Å²) in [5, 5.41) is 0. The maximum atomic E-state index is 6.39. The van der Waals surface area contributed by atoms with E-state index < -0.39 is 0 Å². The Morgan fingerprint density at radius 2 is 1.82 bits per heavy atom. The maximum absolute atomic E-state index is 6.39. The molecule has 2 rings (SSSR count). The van der Waals surface area contributed by atoms with Crippen molar-refractivity contribution in [2.75, 3.05) is 25.6 Å². The lowest BCUT2D eigenvalue weighted by Crippen LogP contribution is -2.47. The highest BCUT2D eigenvalue weighted by Gasteiger charge is 2.30. The SMILES string of the molecule is COc1ccc(N(C)CC2(N)CCCC2)cc1. The molecule has 0 unspecified atom stereocenters. The van der Waals surface area contributed by atoms with E-state index in [4.69, 9.17) is 10.5 Å². The van der Waals surface area contributed by atoms with Crippen LogP contribution in [-0.2, 0) is 0 Å². The summed E-state index contributed by atoms with van der Waals surface area (Å²) >= 11 is 0. The van der Waals surface area contributed by atoms with Crippen LogP contribution in [0.1, 0.15) is 25.7 Å². The minimum absolute atomic E-state index is 0.00861. The Morgan fingerprint density at radius 3 is 2.35 bits per heavy atom. The first-order chi connectivity index (χ1) is 8.13. The lowest BCUT2D eigenvalue weighted by molar-refractivity contribution is 0.414. The van der Waals surface area contributed by atoms with Crippen molar-refractivity contribution in [1.82, 2.24) is 0 Å². The van der Waals surface area contributed by atoms with Gasteiger partial charge in [0.2, 0.25) is 0 Å². The fourth-order valence-electron chi connectivity index (χ4n) is 2.64. The van der Waals surface area contributed by atoms with Crippen LogP contribution in [0, 0.1) is 0 Å². The van der Waals surface area contributed by atoms with E-state index in [0.717, 1.165) is 25.1 Å². The van der Waals surface area contributed by atoms with Crippen LogP contribution < -0.4 is 15.4 Å². The molecule has 3 nitrogen and oxygen atoms in total. The standard InChI is InChI=1S/C14H22N2O/c1-16(11-14(15)9-3-4-10-14)12-5-7-13(17-2)8-6-12/h5-8H,3-4,9-11,15H2,1-2H3. The molecule has 0 bridgehead atoms. The topological polar surface area (TPSA) is 38.5 Å². The second kappa shape index (κ2) is 4.96. The molecule has 1 aliphatic rings. The first kappa shape index (κ1) is 12.2. The third-order valence-electron chi connectivity index (χ3n) is 3.66. The van der Waals surface area contributed by atoms with Gasteiger partial charge in [0.25, 0.3) is 0 Å². The van der Waals surface area contributed by atoms with Gasteiger partial charge in [0, 0.05) is 24.8 Å². The van der Waals surface area contributed by atoms with Gasteiger partial charge in [0.05, 0.1) is 7.11 Å². The molecular formula is C14H22N2O. The second-order valence-corrected chi connectivity index (χ2v) is 5.12. The quantitative estimate of drug-likeness (QED) is 0.869. The molecule has 1 fully saturated rings. The number of anilines is 1. The highest BCUT2D eigenvalue weighted by Crippen LogP contribution is 2.29. The van der Waals surface area contributed by atoms with Crippen molar-refractivity contribution in [3.05, 3.63) is 24.3 Å². The summed E-state index contributed by atoms with van der Waals surface area (Å²) in [6.07, 6.45) is 4.83. The molecule has 1 saturated carbocycles. The number of rotatable bonds is 4. The largest absolute Gasteiger partial charge is 0.497 e. The number of likely N-dealkylation sites (N-methyl/N-ethyl adjacent to an activating group) is 1. The molecule has 2 N–H and O–H groups in total. The summed E-state index contributed by atoms with van der Waals surface area (Å²) in [6.45, 7) is 0.930. The molecule has 3 heteroatoms. The highest BCUT2D eigenvalue weighted by atomic mass is 16.5. The zero-order valence-corrected chi connectivity index (χ0v) is 10.8. The van der Waals surface area contributed by atoms with E-state index in [2.05, 4.69) is 24.1 Å². The van der Waals surface area contributed by atoms with E-state index in [-0.39, 0.29) is 5.54 Å². The molecule has 0 amide bonds. The lowest BCUT2D eigenvalue weighted by Gasteiger charge is -2.31. The van der Waals surface area contributed by atoms with Crippen LogP contribution >= 0.6 is 0 Å². The number of hydrogen-bond donors (Lipinski definition) is 1. The molecule has 0 radical (unpaired) electrons. The number of nitrogens with two attached hydrogens (primary N) is 1. The summed E-state index contributed by atoms with van der Waals surface area (Å²) in [7, 11) is 3.79. The van der Waals surface area contributed by atoms with Gasteiger partial charge in [0.15, 0.2) is 0 Å². The van der Waals surface area contributed by atoms with Gasteiger partial charge in [-0.1, -0.05) is 12.8 Å².